The molecule has 0 radical (unpaired) electrons. The Kier molecular flexibility index (Phi) is 9.89. The van der Waals surface area contributed by atoms with Crippen LogP contribution in [0.25, 0.3) is 0 Å². The van der Waals surface area contributed by atoms with Crippen molar-refractivity contribution < 1.29 is 38.9 Å². The first-order valence-corrected chi connectivity index (χ1v) is 4.99. The number of hydrogen-bond acceptors (Lipinski definition) is 6. The van der Waals surface area contributed by atoms with E-state index < -0.39 is 23.9 Å². The van der Waals surface area contributed by atoms with Crippen molar-refractivity contribution >= 4 is 23.9 Å². The van der Waals surface area contributed by atoms with Crippen LogP contribution in [0.5, 0.6) is 0 Å². The van der Waals surface area contributed by atoms with Crippen molar-refractivity contribution in [3.8, 4) is 11.8 Å². The minimum atomic E-state index is -1.19. The molecule has 0 spiro atoms. The number of aliphatic carboxylic acids is 2. The van der Waals surface area contributed by atoms with Crippen molar-refractivity contribution in [2.75, 3.05) is 14.2 Å². The number of rotatable bonds is 2. The van der Waals surface area contributed by atoms with E-state index in [9.17, 15) is 19.2 Å². The summed E-state index contributed by atoms with van der Waals surface area (Å²) in [6.07, 6.45) is 0. The molecule has 0 aromatic carbocycles. The maximum absolute atomic E-state index is 10.2. The summed E-state index contributed by atoms with van der Waals surface area (Å²) < 4.78 is 8.25. The van der Waals surface area contributed by atoms with E-state index in [1.165, 1.54) is 28.1 Å². The topological polar surface area (TPSA) is 127 Å². The number of esters is 2. The van der Waals surface area contributed by atoms with E-state index in [0.29, 0.717) is 0 Å². The Balaban J connectivity index is 0. The Morgan fingerprint density at radius 1 is 0.750 bits per heavy atom. The molecule has 0 aliphatic rings. The molecule has 0 aliphatic heterocycles. The Morgan fingerprint density at radius 3 is 1.15 bits per heavy atom. The third-order valence-electron chi connectivity index (χ3n) is 1.84. The number of ether oxygens (including phenoxy) is 2. The van der Waals surface area contributed by atoms with E-state index in [4.69, 9.17) is 10.2 Å². The van der Waals surface area contributed by atoms with Gasteiger partial charge in [0.15, 0.2) is 0 Å². The van der Waals surface area contributed by atoms with Gasteiger partial charge in [0.05, 0.1) is 14.2 Å². The molecule has 0 bridgehead atoms. The third kappa shape index (κ3) is 9.23. The van der Waals surface area contributed by atoms with Gasteiger partial charge in [0.25, 0.3) is 0 Å². The van der Waals surface area contributed by atoms with Crippen molar-refractivity contribution in [3.63, 3.8) is 0 Å². The molecule has 0 atom stereocenters. The zero-order valence-electron chi connectivity index (χ0n) is 11.3. The van der Waals surface area contributed by atoms with E-state index in [0.717, 1.165) is 0 Å². The summed E-state index contributed by atoms with van der Waals surface area (Å²) in [6, 6.07) is 0. The largest absolute Gasteiger partial charge is 0.478 e. The normalized spacial score (nSPS) is 9.60. The van der Waals surface area contributed by atoms with Crippen LogP contribution in [0.1, 0.15) is 13.8 Å². The number of hydrogen-bond donors (Lipinski definition) is 2. The lowest BCUT2D eigenvalue weighted by atomic mass is 10.1. The fraction of sp³-hybridized carbons (Fsp3) is 0.333. The fourth-order valence-electron chi connectivity index (χ4n) is 0.525. The molecular formula is C12H14O8. The predicted octanol–water partition coefficient (Wildman–Crippen LogP) is -0.172. The van der Waals surface area contributed by atoms with Gasteiger partial charge in [-0.15, -0.1) is 0 Å². The lowest BCUT2D eigenvalue weighted by molar-refractivity contribution is -0.135. The lowest BCUT2D eigenvalue weighted by Gasteiger charge is -1.95. The second-order valence-corrected chi connectivity index (χ2v) is 3.09. The molecule has 8 nitrogen and oxygen atoms in total. The fourth-order valence-corrected chi connectivity index (χ4v) is 0.525. The van der Waals surface area contributed by atoms with Gasteiger partial charge < -0.3 is 19.7 Å². The quantitative estimate of drug-likeness (QED) is 0.310. The molecule has 0 fully saturated rings. The molecule has 0 aromatic rings. The van der Waals surface area contributed by atoms with E-state index in [2.05, 4.69) is 9.47 Å². The second kappa shape index (κ2) is 10.1. The van der Waals surface area contributed by atoms with Crippen LogP contribution in [-0.4, -0.2) is 48.3 Å². The molecule has 0 amide bonds. The third-order valence-corrected chi connectivity index (χ3v) is 1.84. The van der Waals surface area contributed by atoms with E-state index in [1.807, 2.05) is 11.8 Å². The van der Waals surface area contributed by atoms with Gasteiger partial charge in [-0.1, -0.05) is 0 Å². The smallest absolute Gasteiger partial charge is 0.384 e. The van der Waals surface area contributed by atoms with E-state index in [1.54, 1.807) is 0 Å². The monoisotopic (exact) mass is 286 g/mol. The van der Waals surface area contributed by atoms with Crippen molar-refractivity contribution in [3.05, 3.63) is 11.1 Å². The van der Waals surface area contributed by atoms with Gasteiger partial charge in [0.2, 0.25) is 0 Å². The Morgan fingerprint density at radius 2 is 1.00 bits per heavy atom. The molecule has 110 valence electrons. The highest BCUT2D eigenvalue weighted by Gasteiger charge is 2.09. The van der Waals surface area contributed by atoms with Crippen LogP contribution in [0.2, 0.25) is 0 Å². The molecule has 0 rings (SSSR count). The van der Waals surface area contributed by atoms with Gasteiger partial charge in [0.1, 0.15) is 0 Å². The van der Waals surface area contributed by atoms with Crippen LogP contribution in [0.3, 0.4) is 0 Å². The number of carboxylic acid groups (broad SMARTS) is 2. The highest BCUT2D eigenvalue weighted by molar-refractivity contribution is 5.98. The molecule has 20 heavy (non-hydrogen) atoms. The van der Waals surface area contributed by atoms with Gasteiger partial charge in [-0.2, -0.15) is 0 Å². The summed E-state index contributed by atoms with van der Waals surface area (Å²) in [4.78, 5) is 40.7. The highest BCUT2D eigenvalue weighted by Crippen LogP contribution is 2.02. The molecular weight excluding hydrogens is 272 g/mol. The summed E-state index contributed by atoms with van der Waals surface area (Å²) in [7, 11) is 2.35. The van der Waals surface area contributed by atoms with Crippen molar-refractivity contribution in [1.29, 1.82) is 0 Å². The van der Waals surface area contributed by atoms with Crippen LogP contribution >= 0.6 is 0 Å². The summed E-state index contributed by atoms with van der Waals surface area (Å²) in [5.74, 6) is -0.112. The van der Waals surface area contributed by atoms with Crippen molar-refractivity contribution in [1.82, 2.24) is 0 Å². The van der Waals surface area contributed by atoms with Gasteiger partial charge in [-0.3, -0.25) is 0 Å². The first-order valence-electron chi connectivity index (χ1n) is 4.99. The van der Waals surface area contributed by atoms with Crippen molar-refractivity contribution in [2.24, 2.45) is 0 Å². The summed E-state index contributed by atoms with van der Waals surface area (Å²) in [5, 5.41) is 16.6. The predicted molar refractivity (Wildman–Crippen MR) is 65.5 cm³/mol. The molecule has 0 aromatic heterocycles. The molecule has 0 aliphatic carbocycles. The maximum atomic E-state index is 10.2. The Labute approximate surface area is 115 Å². The minimum absolute atomic E-state index is 0.132. The van der Waals surface area contributed by atoms with E-state index >= 15 is 0 Å². The van der Waals surface area contributed by atoms with Crippen LogP contribution in [0, 0.1) is 11.8 Å². The average Bonchev–Trinajstić information content (AvgIpc) is 2.42. The van der Waals surface area contributed by atoms with Crippen molar-refractivity contribution in [2.45, 2.75) is 13.8 Å². The van der Waals surface area contributed by atoms with Crippen LogP contribution in [-0.2, 0) is 28.7 Å². The second-order valence-electron chi connectivity index (χ2n) is 3.09. The maximum Gasteiger partial charge on any atom is 0.384 e. The van der Waals surface area contributed by atoms with Crippen LogP contribution in [0.4, 0.5) is 0 Å². The average molecular weight is 286 g/mol. The molecule has 0 saturated carbocycles. The highest BCUT2D eigenvalue weighted by atomic mass is 16.5. The summed E-state index contributed by atoms with van der Waals surface area (Å²) in [6.45, 7) is 2.51. The Hall–Kier alpha value is -2.82. The zero-order valence-corrected chi connectivity index (χ0v) is 11.3. The number of methoxy groups -OCH3 is 2. The minimum Gasteiger partial charge on any atom is -0.478 e. The number of carbonyl (C=O) groups excluding carboxylic acids is 2. The molecule has 8 heteroatoms. The van der Waals surface area contributed by atoms with Crippen LogP contribution in [0.15, 0.2) is 11.1 Å². The van der Waals surface area contributed by atoms with Gasteiger partial charge >= 0.3 is 23.9 Å². The summed E-state index contributed by atoms with van der Waals surface area (Å²) >= 11 is 0. The zero-order chi connectivity index (χ0) is 16.3. The molecule has 2 N–H and O–H groups in total. The first-order chi connectivity index (χ1) is 9.17. The number of carbonyl (C=O) groups is 4. The standard InChI is InChI=1S/C6H6O4.C6H8O4/c1-9-5(7)3-4-6(8)10-2;1-3(5(7)8)4(2)6(9)10/h1-2H3;1-2H3,(H,7,8)(H,9,10)/b;4-3-. The lowest BCUT2D eigenvalue weighted by Crippen LogP contribution is -2.06. The molecule has 0 saturated heterocycles. The van der Waals surface area contributed by atoms with Gasteiger partial charge in [0, 0.05) is 23.0 Å². The molecule has 0 heterocycles. The Bertz CT molecular complexity index is 447. The number of carboxylic acids is 2. The van der Waals surface area contributed by atoms with Gasteiger partial charge in [-0.25, -0.2) is 19.2 Å². The van der Waals surface area contributed by atoms with E-state index in [-0.39, 0.29) is 11.1 Å². The van der Waals surface area contributed by atoms with Gasteiger partial charge in [-0.05, 0) is 13.8 Å². The first kappa shape index (κ1) is 19.5. The summed E-state index contributed by atoms with van der Waals surface area (Å²) in [5.41, 5.74) is -0.264. The SMILES string of the molecule is C/C(C(=O)O)=C(\C)C(=O)O.COC(=O)C#CC(=O)OC. The molecule has 0 unspecified atom stereocenters. The van der Waals surface area contributed by atoms with Crippen LogP contribution < -0.4 is 0 Å².